The van der Waals surface area contributed by atoms with Crippen molar-refractivity contribution in [3.05, 3.63) is 60.2 Å². The van der Waals surface area contributed by atoms with Gasteiger partial charge >= 0.3 is 0 Å². The monoisotopic (exact) mass is 481 g/mol. The third-order valence-corrected chi connectivity index (χ3v) is 5.73. The molecule has 3 rings (SSSR count). The zero-order chi connectivity index (χ0) is 25.0. The summed E-state index contributed by atoms with van der Waals surface area (Å²) in [5.41, 5.74) is 2.88. The predicted octanol–water partition coefficient (Wildman–Crippen LogP) is 5.28. The first-order chi connectivity index (χ1) is 17.0. The number of aryl methyl sites for hydroxylation is 1. The molecule has 0 saturated carbocycles. The molecule has 2 aromatic carbocycles. The van der Waals surface area contributed by atoms with Gasteiger partial charge < -0.3 is 19.3 Å². The van der Waals surface area contributed by atoms with Gasteiger partial charge in [0.25, 0.3) is 0 Å². The molecular weight excluding hydrogens is 442 g/mol. The maximum absolute atomic E-state index is 10.6. The van der Waals surface area contributed by atoms with Gasteiger partial charge in [0.05, 0.1) is 25.4 Å². The first-order valence-electron chi connectivity index (χ1n) is 12.5. The predicted molar refractivity (Wildman–Crippen MR) is 139 cm³/mol. The molecular formula is C28H39N3O4. The van der Waals surface area contributed by atoms with Crippen LogP contribution in [0.3, 0.4) is 0 Å². The lowest BCUT2D eigenvalue weighted by Crippen LogP contribution is -2.35. The number of nitrogens with zero attached hydrogens (tertiary/aromatic N) is 3. The Kier molecular flexibility index (Phi) is 10.6. The molecule has 0 aliphatic carbocycles. The van der Waals surface area contributed by atoms with E-state index in [0.717, 1.165) is 48.4 Å². The summed E-state index contributed by atoms with van der Waals surface area (Å²) < 4.78 is 19.2. The van der Waals surface area contributed by atoms with Gasteiger partial charge in [-0.05, 0) is 31.5 Å². The number of ether oxygens (including phenoxy) is 3. The van der Waals surface area contributed by atoms with Crippen LogP contribution in [0.4, 0.5) is 0 Å². The number of unbranched alkanes of at least 4 members (excludes halogenated alkanes) is 1. The lowest BCUT2D eigenvalue weighted by atomic mass is 10.1. The molecule has 1 atom stereocenters. The van der Waals surface area contributed by atoms with Gasteiger partial charge in [0.15, 0.2) is 0 Å². The number of rotatable bonds is 15. The van der Waals surface area contributed by atoms with Crippen LogP contribution in [0.25, 0.3) is 11.3 Å². The summed E-state index contributed by atoms with van der Waals surface area (Å²) in [6.45, 7) is 7.25. The first-order valence-corrected chi connectivity index (χ1v) is 12.5. The molecule has 0 amide bonds. The quantitative estimate of drug-likeness (QED) is 0.298. The molecule has 1 aromatic heterocycles. The van der Waals surface area contributed by atoms with Gasteiger partial charge in [0.1, 0.15) is 17.2 Å². The highest BCUT2D eigenvalue weighted by molar-refractivity contribution is 5.65. The zero-order valence-electron chi connectivity index (χ0n) is 21.4. The minimum atomic E-state index is -0.557. The number of benzene rings is 2. The number of hydrogen-bond donors (Lipinski definition) is 1. The largest absolute Gasteiger partial charge is 0.497 e. The van der Waals surface area contributed by atoms with Crippen LogP contribution < -0.4 is 9.47 Å². The maximum Gasteiger partial charge on any atom is 0.222 e. The van der Waals surface area contributed by atoms with Crippen LogP contribution in [0.1, 0.15) is 38.7 Å². The summed E-state index contributed by atoms with van der Waals surface area (Å²) in [5, 5.41) is 15.5. The van der Waals surface area contributed by atoms with Crippen LogP contribution in [-0.4, -0.2) is 59.3 Å². The summed E-state index contributed by atoms with van der Waals surface area (Å²) in [4.78, 5) is 2.25. The molecule has 1 N–H and O–H groups in total. The fourth-order valence-corrected chi connectivity index (χ4v) is 4.02. The third kappa shape index (κ3) is 7.82. The first kappa shape index (κ1) is 26.7. The van der Waals surface area contributed by atoms with Crippen LogP contribution in [0, 0.1) is 0 Å². The summed E-state index contributed by atoms with van der Waals surface area (Å²) >= 11 is 0. The van der Waals surface area contributed by atoms with E-state index in [1.165, 1.54) is 0 Å². The molecule has 7 nitrogen and oxygen atoms in total. The summed E-state index contributed by atoms with van der Waals surface area (Å²) in [7, 11) is 3.54. The van der Waals surface area contributed by atoms with Gasteiger partial charge in [0, 0.05) is 38.4 Å². The van der Waals surface area contributed by atoms with E-state index in [1.807, 2.05) is 49.5 Å². The van der Waals surface area contributed by atoms with Crippen LogP contribution >= 0.6 is 0 Å². The van der Waals surface area contributed by atoms with E-state index in [4.69, 9.17) is 19.3 Å². The second kappa shape index (κ2) is 13.9. The van der Waals surface area contributed by atoms with Gasteiger partial charge in [-0.3, -0.25) is 4.90 Å². The minimum absolute atomic E-state index is 0.339. The zero-order valence-corrected chi connectivity index (χ0v) is 21.4. The van der Waals surface area contributed by atoms with Gasteiger partial charge in [-0.25, -0.2) is 4.68 Å². The van der Waals surface area contributed by atoms with Crippen molar-refractivity contribution < 1.29 is 19.3 Å². The van der Waals surface area contributed by atoms with E-state index in [1.54, 1.807) is 11.8 Å². The molecule has 7 heteroatoms. The number of aliphatic hydroxyl groups is 1. The summed E-state index contributed by atoms with van der Waals surface area (Å²) in [6, 6.07) is 17.7. The normalized spacial score (nSPS) is 12.2. The van der Waals surface area contributed by atoms with Gasteiger partial charge in [-0.2, -0.15) is 5.10 Å². The van der Waals surface area contributed by atoms with Gasteiger partial charge in [-0.15, -0.1) is 0 Å². The average Bonchev–Trinajstić information content (AvgIpc) is 3.17. The molecule has 1 heterocycles. The smallest absolute Gasteiger partial charge is 0.222 e. The molecule has 0 radical (unpaired) electrons. The topological polar surface area (TPSA) is 69.0 Å². The van der Waals surface area contributed by atoms with Crippen molar-refractivity contribution >= 4 is 0 Å². The van der Waals surface area contributed by atoms with Crippen molar-refractivity contribution in [1.29, 1.82) is 0 Å². The highest BCUT2D eigenvalue weighted by Crippen LogP contribution is 2.35. The Bertz CT molecular complexity index is 1020. The van der Waals surface area contributed by atoms with Crippen LogP contribution in [0.5, 0.6) is 17.4 Å². The molecule has 0 aliphatic rings. The number of aromatic nitrogens is 2. The lowest BCUT2D eigenvalue weighted by molar-refractivity contribution is 0.0143. The number of methoxy groups -OCH3 is 1. The van der Waals surface area contributed by atoms with Crippen molar-refractivity contribution in [2.75, 3.05) is 33.4 Å². The molecule has 0 spiro atoms. The fourth-order valence-electron chi connectivity index (χ4n) is 4.02. The van der Waals surface area contributed by atoms with Crippen LogP contribution in [0.2, 0.25) is 0 Å². The lowest BCUT2D eigenvalue weighted by Gasteiger charge is -2.25. The van der Waals surface area contributed by atoms with E-state index in [9.17, 15) is 5.11 Å². The molecule has 0 fully saturated rings. The SMILES string of the molecule is CCCCOC[C@H](O)CN(CCC)Cc1c(-c2ccccc2)nn(C)c1Oc1cccc(OC)c1. The van der Waals surface area contributed by atoms with Crippen molar-refractivity contribution in [2.45, 2.75) is 45.8 Å². The fraction of sp³-hybridized carbons (Fsp3) is 0.464. The van der Waals surface area contributed by atoms with E-state index in [0.29, 0.717) is 37.9 Å². The van der Waals surface area contributed by atoms with E-state index >= 15 is 0 Å². The molecule has 0 bridgehead atoms. The second-order valence-electron chi connectivity index (χ2n) is 8.72. The molecule has 0 aliphatic heterocycles. The Hall–Kier alpha value is -2.87. The Morgan fingerprint density at radius 2 is 1.80 bits per heavy atom. The van der Waals surface area contributed by atoms with E-state index in [2.05, 4.69) is 30.9 Å². The number of hydrogen-bond acceptors (Lipinski definition) is 6. The Labute approximate surface area is 209 Å². The average molecular weight is 482 g/mol. The third-order valence-electron chi connectivity index (χ3n) is 5.73. The molecule has 190 valence electrons. The molecule has 0 saturated heterocycles. The highest BCUT2D eigenvalue weighted by atomic mass is 16.5. The Morgan fingerprint density at radius 1 is 1.03 bits per heavy atom. The Balaban J connectivity index is 1.89. The van der Waals surface area contributed by atoms with E-state index in [-0.39, 0.29) is 0 Å². The summed E-state index contributed by atoms with van der Waals surface area (Å²) in [6.07, 6.45) is 2.50. The van der Waals surface area contributed by atoms with Crippen molar-refractivity contribution in [2.24, 2.45) is 7.05 Å². The van der Waals surface area contributed by atoms with Gasteiger partial charge in [0.2, 0.25) is 5.88 Å². The molecule has 3 aromatic rings. The molecule has 0 unspecified atom stereocenters. The Morgan fingerprint density at radius 3 is 2.51 bits per heavy atom. The van der Waals surface area contributed by atoms with Crippen molar-refractivity contribution in [3.8, 4) is 28.6 Å². The van der Waals surface area contributed by atoms with Crippen molar-refractivity contribution in [1.82, 2.24) is 14.7 Å². The standard InChI is InChI=1S/C28H39N3O4/c1-5-7-17-34-21-23(32)19-31(16-6-2)20-26-27(22-12-9-8-10-13-22)29-30(3)28(26)35-25-15-11-14-24(18-25)33-4/h8-15,18,23,32H,5-7,16-17,19-21H2,1-4H3/t23-/m1/s1. The van der Waals surface area contributed by atoms with Gasteiger partial charge in [-0.1, -0.05) is 56.7 Å². The highest BCUT2D eigenvalue weighted by Gasteiger charge is 2.23. The minimum Gasteiger partial charge on any atom is -0.497 e. The number of aliphatic hydroxyl groups excluding tert-OH is 1. The maximum atomic E-state index is 10.6. The molecule has 35 heavy (non-hydrogen) atoms. The second-order valence-corrected chi connectivity index (χ2v) is 8.72. The van der Waals surface area contributed by atoms with E-state index < -0.39 is 6.10 Å². The van der Waals surface area contributed by atoms with Crippen LogP contribution in [-0.2, 0) is 18.3 Å². The van der Waals surface area contributed by atoms with Crippen LogP contribution in [0.15, 0.2) is 54.6 Å². The summed E-state index contributed by atoms with van der Waals surface area (Å²) in [5.74, 6) is 2.08. The van der Waals surface area contributed by atoms with Crippen molar-refractivity contribution in [3.63, 3.8) is 0 Å².